The number of hydrogen-bond acceptors (Lipinski definition) is 6. The summed E-state index contributed by atoms with van der Waals surface area (Å²) >= 11 is 0. The van der Waals surface area contributed by atoms with E-state index >= 15 is 0 Å². The van der Waals surface area contributed by atoms with Crippen LogP contribution in [0.5, 0.6) is 5.75 Å². The number of rotatable bonds is 8. The lowest BCUT2D eigenvalue weighted by molar-refractivity contribution is -0.139. The van der Waals surface area contributed by atoms with Crippen LogP contribution in [0.2, 0.25) is 0 Å². The summed E-state index contributed by atoms with van der Waals surface area (Å²) in [5.74, 6) is 0.184. The molecule has 36 heavy (non-hydrogen) atoms. The first-order valence-corrected chi connectivity index (χ1v) is 12.7. The maximum Gasteiger partial charge on any atom is 0.338 e. The average molecular weight is 502 g/mol. The molecule has 2 aliphatic heterocycles. The van der Waals surface area contributed by atoms with Crippen LogP contribution in [-0.4, -0.2) is 91.8 Å². The molecule has 0 bridgehead atoms. The minimum atomic E-state index is -0.662. The van der Waals surface area contributed by atoms with Crippen molar-refractivity contribution in [2.45, 2.75) is 46.2 Å². The van der Waals surface area contributed by atoms with Crippen molar-refractivity contribution in [3.05, 3.63) is 41.1 Å². The van der Waals surface area contributed by atoms with Crippen LogP contribution >= 0.6 is 0 Å². The van der Waals surface area contributed by atoms with Crippen LogP contribution in [0.1, 0.15) is 45.7 Å². The number of carbonyl (C=O) groups is 3. The molecule has 0 unspecified atom stereocenters. The van der Waals surface area contributed by atoms with E-state index in [4.69, 9.17) is 9.47 Å². The topological polar surface area (TPSA) is 103 Å². The molecule has 0 saturated carbocycles. The summed E-state index contributed by atoms with van der Waals surface area (Å²) in [5.41, 5.74) is 1.80. The van der Waals surface area contributed by atoms with E-state index in [1.54, 1.807) is 18.9 Å². The molecule has 10 heteroatoms. The zero-order valence-corrected chi connectivity index (χ0v) is 22.0. The molecule has 0 spiro atoms. The number of nitrogens with zero attached hydrogens (tertiary/aromatic N) is 3. The van der Waals surface area contributed by atoms with Gasteiger partial charge in [-0.05, 0) is 51.8 Å². The van der Waals surface area contributed by atoms with Crippen molar-refractivity contribution in [1.29, 1.82) is 0 Å². The summed E-state index contributed by atoms with van der Waals surface area (Å²) in [6.45, 7) is 11.2. The van der Waals surface area contributed by atoms with Crippen LogP contribution in [0.25, 0.3) is 0 Å². The van der Waals surface area contributed by atoms with E-state index in [9.17, 15) is 14.4 Å². The van der Waals surface area contributed by atoms with E-state index in [0.29, 0.717) is 49.7 Å². The first-order valence-electron chi connectivity index (χ1n) is 12.7. The molecule has 1 aromatic carbocycles. The molecule has 2 heterocycles. The summed E-state index contributed by atoms with van der Waals surface area (Å²) in [5, 5.41) is 5.94. The number of hydrogen-bond donors (Lipinski definition) is 2. The Morgan fingerprint density at radius 3 is 2.61 bits per heavy atom. The molecule has 3 rings (SSSR count). The highest BCUT2D eigenvalue weighted by Gasteiger charge is 2.38. The number of carbonyl (C=O) groups excluding carboxylic acids is 3. The number of esters is 1. The Kier molecular flexibility index (Phi) is 9.58. The van der Waals surface area contributed by atoms with Crippen molar-refractivity contribution in [2.75, 3.05) is 53.0 Å². The molecule has 1 atom stereocenters. The molecule has 1 fully saturated rings. The second-order valence-electron chi connectivity index (χ2n) is 9.21. The van der Waals surface area contributed by atoms with Gasteiger partial charge in [0.25, 0.3) is 0 Å². The number of methoxy groups -OCH3 is 1. The molecular weight excluding hydrogens is 462 g/mol. The van der Waals surface area contributed by atoms with Gasteiger partial charge in [-0.25, -0.2) is 14.4 Å². The SMILES string of the molecule is CCOC(=O)C1=C(CN2CCCN(C(=O)NC(C)C)CC2)N(CC)C(=O)N[C@@H]1c1cccc(OC)c1. The predicted octanol–water partition coefficient (Wildman–Crippen LogP) is 2.72. The Balaban J connectivity index is 1.95. The fraction of sp³-hybridized carbons (Fsp3) is 0.577. The lowest BCUT2D eigenvalue weighted by atomic mass is 9.94. The van der Waals surface area contributed by atoms with E-state index in [1.165, 1.54) is 0 Å². The highest BCUT2D eigenvalue weighted by atomic mass is 16.5. The Bertz CT molecular complexity index is 979. The van der Waals surface area contributed by atoms with Crippen molar-refractivity contribution in [1.82, 2.24) is 25.3 Å². The van der Waals surface area contributed by atoms with Gasteiger partial charge in [-0.2, -0.15) is 0 Å². The summed E-state index contributed by atoms with van der Waals surface area (Å²) in [7, 11) is 1.58. The van der Waals surface area contributed by atoms with Crippen molar-refractivity contribution in [2.24, 2.45) is 0 Å². The molecule has 2 N–H and O–H groups in total. The number of nitrogens with one attached hydrogen (secondary N) is 2. The third-order valence-electron chi connectivity index (χ3n) is 6.34. The van der Waals surface area contributed by atoms with Gasteiger partial charge in [-0.3, -0.25) is 9.80 Å². The largest absolute Gasteiger partial charge is 0.497 e. The zero-order chi connectivity index (χ0) is 26.2. The summed E-state index contributed by atoms with van der Waals surface area (Å²) in [6.07, 6.45) is 0.797. The van der Waals surface area contributed by atoms with Crippen LogP contribution in [-0.2, 0) is 9.53 Å². The third kappa shape index (κ3) is 6.48. The number of ether oxygens (including phenoxy) is 2. The summed E-state index contributed by atoms with van der Waals surface area (Å²) in [6, 6.07) is 6.42. The van der Waals surface area contributed by atoms with Gasteiger partial charge in [0.15, 0.2) is 0 Å². The summed E-state index contributed by atoms with van der Waals surface area (Å²) < 4.78 is 10.8. The predicted molar refractivity (Wildman–Crippen MR) is 137 cm³/mol. The van der Waals surface area contributed by atoms with Crippen LogP contribution < -0.4 is 15.4 Å². The molecular formula is C26H39N5O5. The van der Waals surface area contributed by atoms with Crippen molar-refractivity contribution in [3.63, 3.8) is 0 Å². The maximum absolute atomic E-state index is 13.3. The molecule has 4 amide bonds. The van der Waals surface area contributed by atoms with Crippen LogP contribution in [0.15, 0.2) is 35.5 Å². The second kappa shape index (κ2) is 12.6. The Hall–Kier alpha value is -3.27. The smallest absolute Gasteiger partial charge is 0.338 e. The molecule has 1 aromatic rings. The standard InChI is InChI=1S/C26H39N5O5/c1-6-31-21(17-29-12-9-13-30(15-14-29)25(33)27-18(3)4)22(24(32)36-7-2)23(28-26(31)34)19-10-8-11-20(16-19)35-5/h8,10-11,16,18,23H,6-7,9,12-15,17H2,1-5H3,(H,27,33)(H,28,34)/t23-/m1/s1. The van der Waals surface area contributed by atoms with Crippen LogP contribution in [0.3, 0.4) is 0 Å². The van der Waals surface area contributed by atoms with Crippen LogP contribution in [0, 0.1) is 0 Å². The van der Waals surface area contributed by atoms with Gasteiger partial charge in [-0.15, -0.1) is 0 Å². The van der Waals surface area contributed by atoms with Gasteiger partial charge in [-0.1, -0.05) is 12.1 Å². The number of likely N-dealkylation sites (N-methyl/N-ethyl adjacent to an activating group) is 1. The molecule has 2 aliphatic rings. The van der Waals surface area contributed by atoms with E-state index in [1.807, 2.05) is 49.9 Å². The number of amides is 4. The van der Waals surface area contributed by atoms with Gasteiger partial charge >= 0.3 is 18.0 Å². The third-order valence-corrected chi connectivity index (χ3v) is 6.34. The Morgan fingerprint density at radius 1 is 1.17 bits per heavy atom. The van der Waals surface area contributed by atoms with Gasteiger partial charge in [0.1, 0.15) is 5.75 Å². The molecule has 0 aliphatic carbocycles. The normalized spacial score (nSPS) is 19.2. The van der Waals surface area contributed by atoms with E-state index < -0.39 is 12.0 Å². The molecule has 10 nitrogen and oxygen atoms in total. The molecule has 0 aromatic heterocycles. The van der Waals surface area contributed by atoms with E-state index in [-0.39, 0.29) is 24.7 Å². The van der Waals surface area contributed by atoms with Crippen molar-refractivity contribution >= 4 is 18.0 Å². The molecule has 198 valence electrons. The first kappa shape index (κ1) is 27.3. The van der Waals surface area contributed by atoms with Gasteiger partial charge < -0.3 is 25.0 Å². The van der Waals surface area contributed by atoms with Gasteiger partial charge in [0, 0.05) is 51.0 Å². The zero-order valence-electron chi connectivity index (χ0n) is 22.0. The van der Waals surface area contributed by atoms with Crippen molar-refractivity contribution < 1.29 is 23.9 Å². The highest BCUT2D eigenvalue weighted by molar-refractivity contribution is 5.95. The van der Waals surface area contributed by atoms with Crippen LogP contribution in [0.4, 0.5) is 9.59 Å². The van der Waals surface area contributed by atoms with E-state index in [0.717, 1.165) is 18.5 Å². The first-order chi connectivity index (χ1) is 17.3. The Labute approximate surface area is 213 Å². The quantitative estimate of drug-likeness (QED) is 0.531. The highest BCUT2D eigenvalue weighted by Crippen LogP contribution is 2.33. The second-order valence-corrected chi connectivity index (χ2v) is 9.21. The average Bonchev–Trinajstić information content (AvgIpc) is 3.09. The molecule has 1 saturated heterocycles. The molecule has 0 radical (unpaired) electrons. The van der Waals surface area contributed by atoms with Gasteiger partial charge in [0.2, 0.25) is 0 Å². The lowest BCUT2D eigenvalue weighted by Crippen LogP contribution is -2.51. The minimum Gasteiger partial charge on any atom is -0.497 e. The van der Waals surface area contributed by atoms with Gasteiger partial charge in [0.05, 0.1) is 25.3 Å². The Morgan fingerprint density at radius 2 is 1.94 bits per heavy atom. The minimum absolute atomic E-state index is 0.0661. The lowest BCUT2D eigenvalue weighted by Gasteiger charge is -2.38. The number of benzene rings is 1. The fourth-order valence-corrected chi connectivity index (χ4v) is 4.61. The maximum atomic E-state index is 13.3. The van der Waals surface area contributed by atoms with E-state index in [2.05, 4.69) is 15.5 Å². The summed E-state index contributed by atoms with van der Waals surface area (Å²) in [4.78, 5) is 44.6. The number of urea groups is 2. The van der Waals surface area contributed by atoms with Crippen molar-refractivity contribution in [3.8, 4) is 5.75 Å². The fourth-order valence-electron chi connectivity index (χ4n) is 4.61. The monoisotopic (exact) mass is 501 g/mol.